The second-order valence-electron chi connectivity index (χ2n) is 11.2. The maximum absolute atomic E-state index is 13.8. The number of ether oxygens (including phenoxy) is 2. The monoisotopic (exact) mass is 612 g/mol. The molecule has 0 radical (unpaired) electrons. The number of rotatable bonds is 14. The fourth-order valence-corrected chi connectivity index (χ4v) is 6.84. The second kappa shape index (κ2) is 14.7. The van der Waals surface area contributed by atoms with Crippen LogP contribution in [0.2, 0.25) is 0 Å². The first-order valence-electron chi connectivity index (χ1n) is 14.5. The molecule has 2 aromatic rings. The Balaban J connectivity index is 1.55. The van der Waals surface area contributed by atoms with Crippen molar-refractivity contribution in [3.05, 3.63) is 54.1 Å². The molecular formula is C31H40N4O7S. The van der Waals surface area contributed by atoms with Gasteiger partial charge >= 0.3 is 0 Å². The van der Waals surface area contributed by atoms with Crippen LogP contribution in [0.5, 0.6) is 11.5 Å². The van der Waals surface area contributed by atoms with Gasteiger partial charge in [-0.25, -0.2) is 8.42 Å². The van der Waals surface area contributed by atoms with Gasteiger partial charge in [0.25, 0.3) is 0 Å². The smallest absolute Gasteiger partial charge is 0.244 e. The summed E-state index contributed by atoms with van der Waals surface area (Å²) in [5.41, 5.74) is 0.566. The van der Waals surface area contributed by atoms with Crippen molar-refractivity contribution in [2.24, 2.45) is 5.92 Å². The summed E-state index contributed by atoms with van der Waals surface area (Å²) < 4.78 is 39.5. The van der Waals surface area contributed by atoms with E-state index in [1.807, 2.05) is 18.7 Å². The van der Waals surface area contributed by atoms with Crippen molar-refractivity contribution in [2.45, 2.75) is 56.2 Å². The third-order valence-corrected chi connectivity index (χ3v) is 9.15. The molecule has 0 unspecified atom stereocenters. The van der Waals surface area contributed by atoms with E-state index in [4.69, 9.17) is 15.9 Å². The SMILES string of the molecule is C#CC[C@H](NC(=O)CN1CCCC1)C(=O)N[C@@H](c1ccccc1)[C@H](O)CN(CC(C)C)S(=O)(=O)c1ccc2c(c1)OCO2. The van der Waals surface area contributed by atoms with Gasteiger partial charge in [-0.2, -0.15) is 4.31 Å². The molecule has 1 saturated heterocycles. The minimum Gasteiger partial charge on any atom is -0.454 e. The second-order valence-corrected chi connectivity index (χ2v) is 13.1. The van der Waals surface area contributed by atoms with Crippen LogP contribution in [0.25, 0.3) is 0 Å². The molecule has 2 aromatic carbocycles. The summed E-state index contributed by atoms with van der Waals surface area (Å²) in [6.07, 6.45) is 6.18. The number of benzene rings is 2. The topological polar surface area (TPSA) is 138 Å². The van der Waals surface area contributed by atoms with Crippen molar-refractivity contribution in [1.29, 1.82) is 0 Å². The van der Waals surface area contributed by atoms with Gasteiger partial charge in [0.2, 0.25) is 28.6 Å². The first-order valence-corrected chi connectivity index (χ1v) is 15.9. The van der Waals surface area contributed by atoms with E-state index < -0.39 is 34.1 Å². The molecule has 3 atom stereocenters. The molecule has 2 heterocycles. The van der Waals surface area contributed by atoms with Crippen LogP contribution in [-0.2, 0) is 19.6 Å². The molecule has 0 bridgehead atoms. The van der Waals surface area contributed by atoms with Crippen LogP contribution in [0.15, 0.2) is 53.4 Å². The molecule has 0 spiro atoms. The van der Waals surface area contributed by atoms with Gasteiger partial charge in [0.05, 0.1) is 23.6 Å². The first-order chi connectivity index (χ1) is 20.6. The quantitative estimate of drug-likeness (QED) is 0.275. The van der Waals surface area contributed by atoms with Crippen molar-refractivity contribution >= 4 is 21.8 Å². The molecule has 0 saturated carbocycles. The largest absolute Gasteiger partial charge is 0.454 e. The number of aliphatic hydroxyl groups excluding tert-OH is 1. The maximum atomic E-state index is 13.8. The van der Waals surface area contributed by atoms with Crippen LogP contribution in [0.1, 0.15) is 44.7 Å². The van der Waals surface area contributed by atoms with Crippen LogP contribution in [0, 0.1) is 18.3 Å². The van der Waals surface area contributed by atoms with Gasteiger partial charge in [-0.05, 0) is 49.5 Å². The lowest BCUT2D eigenvalue weighted by atomic mass is 10.00. The molecule has 1 fully saturated rings. The number of sulfonamides is 1. The fraction of sp³-hybridized carbons (Fsp3) is 0.484. The summed E-state index contributed by atoms with van der Waals surface area (Å²) in [6, 6.07) is 11.1. The van der Waals surface area contributed by atoms with Gasteiger partial charge in [0, 0.05) is 25.6 Å². The lowest BCUT2D eigenvalue weighted by Crippen LogP contribution is -2.52. The summed E-state index contributed by atoms with van der Waals surface area (Å²) in [7, 11) is -4.07. The van der Waals surface area contributed by atoms with Crippen LogP contribution < -0.4 is 20.1 Å². The Labute approximate surface area is 253 Å². The molecule has 11 nitrogen and oxygen atoms in total. The molecule has 43 heavy (non-hydrogen) atoms. The lowest BCUT2D eigenvalue weighted by molar-refractivity contribution is -0.130. The van der Waals surface area contributed by atoms with Gasteiger partial charge in [0.1, 0.15) is 6.04 Å². The van der Waals surface area contributed by atoms with Crippen LogP contribution >= 0.6 is 0 Å². The number of aliphatic hydroxyl groups is 1. The Morgan fingerprint density at radius 3 is 2.42 bits per heavy atom. The predicted molar refractivity (Wildman–Crippen MR) is 161 cm³/mol. The van der Waals surface area contributed by atoms with Gasteiger partial charge in [-0.1, -0.05) is 44.2 Å². The summed E-state index contributed by atoms with van der Waals surface area (Å²) in [5.74, 6) is 2.27. The summed E-state index contributed by atoms with van der Waals surface area (Å²) in [6.45, 7) is 5.38. The average Bonchev–Trinajstić information content (AvgIpc) is 3.67. The standard InChI is InChI=1S/C31H40N4O7S/c1-4-10-25(32-29(37)20-34-15-8-9-16-34)31(38)33-30(23-11-6-5-7-12-23)26(36)19-35(18-22(2)3)43(39,40)24-13-14-27-28(17-24)42-21-41-27/h1,5-7,11-14,17,22,25-26,30,36H,8-10,15-16,18-21H2,2-3H3,(H,32,37)(H,33,38)/t25-,26+,30-/m0/s1. The Morgan fingerprint density at radius 2 is 1.74 bits per heavy atom. The Morgan fingerprint density at radius 1 is 1.05 bits per heavy atom. The van der Waals surface area contributed by atoms with Crippen LogP contribution in [0.3, 0.4) is 0 Å². The predicted octanol–water partition coefficient (Wildman–Crippen LogP) is 1.88. The zero-order chi connectivity index (χ0) is 31.0. The highest BCUT2D eigenvalue weighted by Crippen LogP contribution is 2.35. The molecule has 12 heteroatoms. The van der Waals surface area contributed by atoms with Crippen molar-refractivity contribution in [2.75, 3.05) is 39.5 Å². The highest BCUT2D eigenvalue weighted by atomic mass is 32.2. The van der Waals surface area contributed by atoms with E-state index >= 15 is 0 Å². The van der Waals surface area contributed by atoms with Crippen molar-refractivity contribution in [3.8, 4) is 23.8 Å². The number of likely N-dealkylation sites (tertiary alicyclic amines) is 1. The number of hydrogen-bond acceptors (Lipinski definition) is 8. The van der Waals surface area contributed by atoms with E-state index in [2.05, 4.69) is 16.6 Å². The summed E-state index contributed by atoms with van der Waals surface area (Å²) in [5, 5.41) is 17.1. The lowest BCUT2D eigenvalue weighted by Gasteiger charge is -2.31. The third-order valence-electron chi connectivity index (χ3n) is 7.32. The molecule has 4 rings (SSSR count). The minimum absolute atomic E-state index is 0.000282. The van der Waals surface area contributed by atoms with E-state index in [-0.39, 0.29) is 49.6 Å². The minimum atomic E-state index is -4.07. The van der Waals surface area contributed by atoms with Gasteiger partial charge in [-0.3, -0.25) is 14.5 Å². The van der Waals surface area contributed by atoms with Crippen LogP contribution in [0.4, 0.5) is 0 Å². The molecule has 232 valence electrons. The molecule has 3 N–H and O–H groups in total. The first kappa shape index (κ1) is 32.3. The number of carbonyl (C=O) groups excluding carboxylic acids is 2. The molecule has 2 amide bonds. The number of terminal acetylenes is 1. The summed E-state index contributed by atoms with van der Waals surface area (Å²) >= 11 is 0. The normalized spacial score (nSPS) is 16.9. The average molecular weight is 613 g/mol. The summed E-state index contributed by atoms with van der Waals surface area (Å²) in [4.78, 5) is 28.2. The van der Waals surface area contributed by atoms with E-state index in [0.717, 1.165) is 25.9 Å². The van der Waals surface area contributed by atoms with Crippen molar-refractivity contribution in [3.63, 3.8) is 0 Å². The van der Waals surface area contributed by atoms with E-state index in [1.54, 1.807) is 30.3 Å². The number of amides is 2. The van der Waals surface area contributed by atoms with Crippen molar-refractivity contribution < 1.29 is 32.6 Å². The zero-order valence-electron chi connectivity index (χ0n) is 24.6. The number of fused-ring (bicyclic) bond motifs is 1. The highest BCUT2D eigenvalue weighted by Gasteiger charge is 2.34. The molecular weight excluding hydrogens is 572 g/mol. The molecule has 2 aliphatic rings. The third kappa shape index (κ3) is 8.48. The van der Waals surface area contributed by atoms with Gasteiger partial charge in [-0.15, -0.1) is 12.3 Å². The Bertz CT molecular complexity index is 1400. The van der Waals surface area contributed by atoms with Crippen LogP contribution in [-0.4, -0.2) is 86.2 Å². The number of nitrogens with zero attached hydrogens (tertiary/aromatic N) is 2. The fourth-order valence-electron chi connectivity index (χ4n) is 5.21. The number of nitrogens with one attached hydrogen (secondary N) is 2. The maximum Gasteiger partial charge on any atom is 0.244 e. The van der Waals surface area contributed by atoms with E-state index in [1.165, 1.54) is 22.5 Å². The number of carbonyl (C=O) groups is 2. The Hall–Kier alpha value is -3.63. The zero-order valence-corrected chi connectivity index (χ0v) is 25.4. The van der Waals surface area contributed by atoms with Gasteiger partial charge in [0.15, 0.2) is 11.5 Å². The molecule has 2 aliphatic heterocycles. The molecule has 0 aliphatic carbocycles. The van der Waals surface area contributed by atoms with Gasteiger partial charge < -0.3 is 25.2 Å². The number of hydrogen-bond donors (Lipinski definition) is 3. The van der Waals surface area contributed by atoms with E-state index in [9.17, 15) is 23.1 Å². The molecule has 0 aromatic heterocycles. The highest BCUT2D eigenvalue weighted by molar-refractivity contribution is 7.89. The Kier molecular flexibility index (Phi) is 11.0. The van der Waals surface area contributed by atoms with E-state index in [0.29, 0.717) is 17.1 Å². The van der Waals surface area contributed by atoms with Crippen molar-refractivity contribution in [1.82, 2.24) is 19.8 Å².